The standard InChI is InChI=1S/C23H21Cl2N3O5/c24-16-1-3-19(4-2-16)33-20-12-15(11-17(25)13-20)14-32-18-5-8-27(9-6-18)23(31)28-10-7-21(26-28)22(29)30/h1-4,7,10-13,18H,5-6,8-9,14H2,(H,29,30). The van der Waals surface area contributed by atoms with Gasteiger partial charge in [0.15, 0.2) is 5.69 Å². The third-order valence-corrected chi connectivity index (χ3v) is 5.65. The van der Waals surface area contributed by atoms with E-state index in [1.54, 1.807) is 35.2 Å². The smallest absolute Gasteiger partial charge is 0.356 e. The van der Waals surface area contributed by atoms with Crippen molar-refractivity contribution in [3.05, 3.63) is 76.0 Å². The molecule has 1 fully saturated rings. The molecule has 0 radical (unpaired) electrons. The molecule has 1 aliphatic rings. The first kappa shape index (κ1) is 23.1. The van der Waals surface area contributed by atoms with Crippen molar-refractivity contribution in [1.29, 1.82) is 0 Å². The van der Waals surface area contributed by atoms with Crippen molar-refractivity contribution in [3.63, 3.8) is 0 Å². The van der Waals surface area contributed by atoms with Gasteiger partial charge in [0, 0.05) is 29.3 Å². The average Bonchev–Trinajstić information content (AvgIpc) is 3.30. The van der Waals surface area contributed by atoms with Crippen molar-refractivity contribution in [1.82, 2.24) is 14.7 Å². The summed E-state index contributed by atoms with van der Waals surface area (Å²) in [5.74, 6) is 0.0819. The largest absolute Gasteiger partial charge is 0.476 e. The number of carbonyl (C=O) groups is 2. The highest BCUT2D eigenvalue weighted by molar-refractivity contribution is 6.31. The Morgan fingerprint density at radius 1 is 1.00 bits per heavy atom. The highest BCUT2D eigenvalue weighted by Gasteiger charge is 2.25. The fourth-order valence-corrected chi connectivity index (χ4v) is 3.89. The van der Waals surface area contributed by atoms with Crippen molar-refractivity contribution in [2.24, 2.45) is 0 Å². The number of ether oxygens (including phenoxy) is 2. The summed E-state index contributed by atoms with van der Waals surface area (Å²) < 4.78 is 13.0. The third kappa shape index (κ3) is 6.04. The van der Waals surface area contributed by atoms with Gasteiger partial charge in [-0.05, 0) is 66.9 Å². The summed E-state index contributed by atoms with van der Waals surface area (Å²) in [7, 11) is 0. The second-order valence-electron chi connectivity index (χ2n) is 7.58. The van der Waals surface area contributed by atoms with E-state index >= 15 is 0 Å². The number of piperidine rings is 1. The number of hydrogen-bond acceptors (Lipinski definition) is 5. The average molecular weight is 490 g/mol. The van der Waals surface area contributed by atoms with Gasteiger partial charge in [0.25, 0.3) is 0 Å². The predicted molar refractivity (Wildman–Crippen MR) is 122 cm³/mol. The van der Waals surface area contributed by atoms with Crippen molar-refractivity contribution < 1.29 is 24.2 Å². The van der Waals surface area contributed by atoms with Gasteiger partial charge in [-0.1, -0.05) is 23.2 Å². The number of carbonyl (C=O) groups excluding carboxylic acids is 1. The molecule has 10 heteroatoms. The summed E-state index contributed by atoms with van der Waals surface area (Å²) in [6, 6.07) is 13.4. The number of benzene rings is 2. The summed E-state index contributed by atoms with van der Waals surface area (Å²) in [5, 5.41) is 13.9. The van der Waals surface area contributed by atoms with E-state index in [2.05, 4.69) is 5.10 Å². The second-order valence-corrected chi connectivity index (χ2v) is 8.45. The summed E-state index contributed by atoms with van der Waals surface area (Å²) in [6.45, 7) is 1.34. The van der Waals surface area contributed by atoms with Crippen molar-refractivity contribution >= 4 is 35.2 Å². The molecule has 1 amide bonds. The molecule has 172 valence electrons. The predicted octanol–water partition coefficient (Wildman–Crippen LogP) is 5.33. The van der Waals surface area contributed by atoms with Crippen LogP contribution < -0.4 is 4.74 Å². The number of hydrogen-bond donors (Lipinski definition) is 1. The Labute approximate surface area is 200 Å². The van der Waals surface area contributed by atoms with Crippen molar-refractivity contribution in [2.75, 3.05) is 13.1 Å². The molecule has 0 aliphatic carbocycles. The number of rotatable bonds is 6. The van der Waals surface area contributed by atoms with Crippen LogP contribution in [0.3, 0.4) is 0 Å². The molecule has 1 N–H and O–H groups in total. The number of amides is 1. The molecule has 33 heavy (non-hydrogen) atoms. The number of aromatic nitrogens is 2. The quantitative estimate of drug-likeness (QED) is 0.502. The topological polar surface area (TPSA) is 93.9 Å². The Kier molecular flexibility index (Phi) is 7.17. The number of halogens is 2. The number of nitrogens with zero attached hydrogens (tertiary/aromatic N) is 3. The Hall–Kier alpha value is -3.07. The highest BCUT2D eigenvalue weighted by Crippen LogP contribution is 2.28. The fraction of sp³-hybridized carbons (Fsp3) is 0.261. The minimum absolute atomic E-state index is 0.0131. The molecule has 1 aliphatic heterocycles. The molecule has 1 saturated heterocycles. The van der Waals surface area contributed by atoms with Gasteiger partial charge in [-0.15, -0.1) is 0 Å². The zero-order chi connectivity index (χ0) is 23.4. The lowest BCUT2D eigenvalue weighted by molar-refractivity contribution is 0.00431. The van der Waals surface area contributed by atoms with Gasteiger partial charge < -0.3 is 19.5 Å². The zero-order valence-electron chi connectivity index (χ0n) is 17.5. The summed E-state index contributed by atoms with van der Waals surface area (Å²) in [6.07, 6.45) is 2.67. The van der Waals surface area contributed by atoms with Gasteiger partial charge in [-0.3, -0.25) is 0 Å². The maximum Gasteiger partial charge on any atom is 0.356 e. The van der Waals surface area contributed by atoms with Gasteiger partial charge in [-0.2, -0.15) is 9.78 Å². The van der Waals surface area contributed by atoms with Crippen LogP contribution in [0.4, 0.5) is 4.79 Å². The fourth-order valence-electron chi connectivity index (χ4n) is 3.52. The molecule has 8 nitrogen and oxygen atoms in total. The van der Waals surface area contributed by atoms with E-state index in [4.69, 9.17) is 37.8 Å². The number of carboxylic acids is 1. The van der Waals surface area contributed by atoms with Gasteiger partial charge in [-0.25, -0.2) is 9.59 Å². The monoisotopic (exact) mass is 489 g/mol. The normalized spacial score (nSPS) is 14.3. The molecular weight excluding hydrogens is 469 g/mol. The van der Waals surface area contributed by atoms with E-state index in [-0.39, 0.29) is 17.8 Å². The molecule has 0 bridgehead atoms. The Morgan fingerprint density at radius 3 is 2.39 bits per heavy atom. The van der Waals surface area contributed by atoms with Crippen LogP contribution in [0.5, 0.6) is 11.5 Å². The Balaban J connectivity index is 1.29. The highest BCUT2D eigenvalue weighted by atomic mass is 35.5. The van der Waals surface area contributed by atoms with E-state index in [9.17, 15) is 9.59 Å². The van der Waals surface area contributed by atoms with Crippen molar-refractivity contribution in [2.45, 2.75) is 25.6 Å². The summed E-state index contributed by atoms with van der Waals surface area (Å²) in [5.41, 5.74) is 0.713. The van der Waals surface area contributed by atoms with Gasteiger partial charge >= 0.3 is 12.0 Å². The summed E-state index contributed by atoms with van der Waals surface area (Å²) in [4.78, 5) is 25.1. The minimum atomic E-state index is -1.17. The van der Waals surface area contributed by atoms with E-state index in [1.165, 1.54) is 12.3 Å². The molecule has 0 saturated carbocycles. The lowest BCUT2D eigenvalue weighted by Gasteiger charge is -2.31. The SMILES string of the molecule is O=C(O)c1ccn(C(=O)N2CCC(OCc3cc(Cl)cc(Oc4ccc(Cl)cc4)c3)CC2)n1. The first-order valence-electron chi connectivity index (χ1n) is 10.3. The van der Waals surface area contributed by atoms with Gasteiger partial charge in [0.2, 0.25) is 0 Å². The van der Waals surface area contributed by atoms with Crippen molar-refractivity contribution in [3.8, 4) is 11.5 Å². The Bertz CT molecular complexity index is 1140. The second kappa shape index (κ2) is 10.2. The number of carboxylic acid groups (broad SMARTS) is 1. The lowest BCUT2D eigenvalue weighted by Crippen LogP contribution is -2.43. The van der Waals surface area contributed by atoms with Crippen LogP contribution in [0.15, 0.2) is 54.7 Å². The molecule has 2 aromatic carbocycles. The van der Waals surface area contributed by atoms with E-state index in [0.717, 1.165) is 10.2 Å². The lowest BCUT2D eigenvalue weighted by atomic mass is 10.1. The first-order valence-corrected chi connectivity index (χ1v) is 11.1. The van der Waals surface area contributed by atoms with Crippen LogP contribution >= 0.6 is 23.2 Å². The van der Waals surface area contributed by atoms with Crippen LogP contribution in [0.1, 0.15) is 28.9 Å². The molecular formula is C23H21Cl2N3O5. The van der Waals surface area contributed by atoms with Gasteiger partial charge in [0.1, 0.15) is 11.5 Å². The molecule has 0 spiro atoms. The number of aromatic carboxylic acids is 1. The van der Waals surface area contributed by atoms with E-state index in [1.807, 2.05) is 12.1 Å². The summed E-state index contributed by atoms with van der Waals surface area (Å²) >= 11 is 12.2. The maximum atomic E-state index is 12.5. The molecule has 4 rings (SSSR count). The zero-order valence-corrected chi connectivity index (χ0v) is 19.0. The van der Waals surface area contributed by atoms with Crippen LogP contribution in [-0.4, -0.2) is 51.0 Å². The molecule has 0 unspecified atom stereocenters. The minimum Gasteiger partial charge on any atom is -0.476 e. The molecule has 1 aromatic heterocycles. The number of likely N-dealkylation sites (tertiary alicyclic amines) is 1. The van der Waals surface area contributed by atoms with Crippen LogP contribution in [0.2, 0.25) is 10.0 Å². The first-order chi connectivity index (χ1) is 15.9. The maximum absolute atomic E-state index is 12.5. The van der Waals surface area contributed by atoms with Crippen LogP contribution in [0.25, 0.3) is 0 Å². The molecule has 0 atom stereocenters. The van der Waals surface area contributed by atoms with Gasteiger partial charge in [0.05, 0.1) is 12.7 Å². The van der Waals surface area contributed by atoms with Crippen LogP contribution in [-0.2, 0) is 11.3 Å². The molecule has 3 aromatic rings. The van der Waals surface area contributed by atoms with E-state index in [0.29, 0.717) is 54.1 Å². The molecule has 2 heterocycles. The van der Waals surface area contributed by atoms with Crippen LogP contribution in [0, 0.1) is 0 Å². The third-order valence-electron chi connectivity index (χ3n) is 5.18. The Morgan fingerprint density at radius 2 is 1.73 bits per heavy atom. The van der Waals surface area contributed by atoms with E-state index < -0.39 is 5.97 Å².